The summed E-state index contributed by atoms with van der Waals surface area (Å²) < 4.78 is 0.886. The van der Waals surface area contributed by atoms with E-state index in [1.165, 1.54) is 24.1 Å². The third-order valence-corrected chi connectivity index (χ3v) is 5.82. The van der Waals surface area contributed by atoms with Crippen molar-refractivity contribution in [3.63, 3.8) is 0 Å². The highest BCUT2D eigenvalue weighted by Crippen LogP contribution is 2.32. The first kappa shape index (κ1) is 12.7. The lowest BCUT2D eigenvalue weighted by atomic mass is 10.2. The Morgan fingerprint density at radius 1 is 1.50 bits per heavy atom. The van der Waals surface area contributed by atoms with Crippen molar-refractivity contribution in [3.8, 4) is 0 Å². The Kier molecular flexibility index (Phi) is 4.59. The first-order valence-corrected chi connectivity index (χ1v) is 8.23. The second-order valence-electron chi connectivity index (χ2n) is 4.34. The molecule has 1 fully saturated rings. The van der Waals surface area contributed by atoms with Crippen molar-refractivity contribution in [1.29, 1.82) is 0 Å². The maximum Gasteiger partial charge on any atom is 0.0931 e. The van der Waals surface area contributed by atoms with Crippen molar-refractivity contribution in [2.24, 2.45) is 0 Å². The quantitative estimate of drug-likeness (QED) is 0.877. The Hall–Kier alpha value is 0.300. The zero-order chi connectivity index (χ0) is 11.5. The lowest BCUT2D eigenvalue weighted by molar-refractivity contribution is 0.472. The number of nitrogens with one attached hydrogen (secondary N) is 1. The Morgan fingerprint density at radius 3 is 2.94 bits per heavy atom. The summed E-state index contributed by atoms with van der Waals surface area (Å²) in [4.78, 5) is 1.34. The van der Waals surface area contributed by atoms with Crippen LogP contribution in [0.2, 0.25) is 4.34 Å². The molecule has 4 heteroatoms. The predicted octanol–water partition coefficient (Wildman–Crippen LogP) is 4.34. The lowest BCUT2D eigenvalue weighted by Gasteiger charge is -2.23. The standard InChI is InChI=1S/C12H18ClNS2/c1-8(10-6-7-12(13)16-10)14-9-4-3-5-11(9)15-2/h6-9,11,14H,3-5H2,1-2H3. The van der Waals surface area contributed by atoms with Crippen molar-refractivity contribution in [2.45, 2.75) is 43.5 Å². The molecule has 16 heavy (non-hydrogen) atoms. The minimum absolute atomic E-state index is 0.426. The number of halogens is 1. The van der Waals surface area contributed by atoms with Crippen LogP contribution >= 0.6 is 34.7 Å². The van der Waals surface area contributed by atoms with E-state index in [0.29, 0.717) is 12.1 Å². The van der Waals surface area contributed by atoms with Crippen LogP contribution in [0.4, 0.5) is 0 Å². The summed E-state index contributed by atoms with van der Waals surface area (Å²) >= 11 is 9.65. The highest BCUT2D eigenvalue weighted by molar-refractivity contribution is 7.99. The normalized spacial score (nSPS) is 27.2. The molecule has 1 aromatic rings. The molecule has 1 aliphatic carbocycles. The Morgan fingerprint density at radius 2 is 2.31 bits per heavy atom. The van der Waals surface area contributed by atoms with E-state index in [0.717, 1.165) is 9.59 Å². The van der Waals surface area contributed by atoms with Gasteiger partial charge in [-0.25, -0.2) is 0 Å². The van der Waals surface area contributed by atoms with Gasteiger partial charge in [-0.2, -0.15) is 11.8 Å². The fourth-order valence-electron chi connectivity index (χ4n) is 2.36. The zero-order valence-corrected chi connectivity index (χ0v) is 12.1. The van der Waals surface area contributed by atoms with E-state index in [-0.39, 0.29) is 0 Å². The Bertz CT molecular complexity index is 340. The van der Waals surface area contributed by atoms with Gasteiger partial charge in [0.1, 0.15) is 0 Å². The molecular weight excluding hydrogens is 258 g/mol. The van der Waals surface area contributed by atoms with Crippen molar-refractivity contribution < 1.29 is 0 Å². The van der Waals surface area contributed by atoms with E-state index in [4.69, 9.17) is 11.6 Å². The number of rotatable bonds is 4. The molecule has 1 saturated carbocycles. The van der Waals surface area contributed by atoms with E-state index < -0.39 is 0 Å². The number of hydrogen-bond acceptors (Lipinski definition) is 3. The molecule has 0 amide bonds. The summed E-state index contributed by atoms with van der Waals surface area (Å²) in [7, 11) is 0. The molecule has 1 N–H and O–H groups in total. The predicted molar refractivity (Wildman–Crippen MR) is 75.8 cm³/mol. The average Bonchev–Trinajstić information content (AvgIpc) is 2.86. The molecule has 0 spiro atoms. The molecule has 0 saturated heterocycles. The van der Waals surface area contributed by atoms with Crippen molar-refractivity contribution in [1.82, 2.24) is 5.32 Å². The van der Waals surface area contributed by atoms with Gasteiger partial charge in [-0.1, -0.05) is 18.0 Å². The van der Waals surface area contributed by atoms with Crippen LogP contribution in [0.3, 0.4) is 0 Å². The molecule has 0 aromatic carbocycles. The van der Waals surface area contributed by atoms with Gasteiger partial charge in [0.05, 0.1) is 4.34 Å². The summed E-state index contributed by atoms with van der Waals surface area (Å²) in [6.45, 7) is 2.23. The van der Waals surface area contributed by atoms with Crippen LogP contribution in [0.5, 0.6) is 0 Å². The lowest BCUT2D eigenvalue weighted by Crippen LogP contribution is -2.35. The molecule has 3 atom stereocenters. The largest absolute Gasteiger partial charge is 0.306 e. The topological polar surface area (TPSA) is 12.0 Å². The van der Waals surface area contributed by atoms with Gasteiger partial charge in [0.2, 0.25) is 0 Å². The zero-order valence-electron chi connectivity index (χ0n) is 9.70. The van der Waals surface area contributed by atoms with E-state index >= 15 is 0 Å². The molecule has 1 aliphatic rings. The molecule has 0 aliphatic heterocycles. The van der Waals surface area contributed by atoms with Crippen LogP contribution in [-0.2, 0) is 0 Å². The van der Waals surface area contributed by atoms with Gasteiger partial charge in [0.15, 0.2) is 0 Å². The summed E-state index contributed by atoms with van der Waals surface area (Å²) in [6.07, 6.45) is 6.25. The van der Waals surface area contributed by atoms with Gasteiger partial charge in [0.25, 0.3) is 0 Å². The third kappa shape index (κ3) is 2.95. The first-order valence-electron chi connectivity index (χ1n) is 5.75. The highest BCUT2D eigenvalue weighted by atomic mass is 35.5. The number of hydrogen-bond donors (Lipinski definition) is 1. The molecular formula is C12H18ClNS2. The summed E-state index contributed by atoms with van der Waals surface area (Å²) in [5, 5.41) is 4.53. The number of thiophene rings is 1. The average molecular weight is 276 g/mol. The minimum Gasteiger partial charge on any atom is -0.306 e. The Labute approximate surface area is 111 Å². The fourth-order valence-corrected chi connectivity index (χ4v) is 4.38. The highest BCUT2D eigenvalue weighted by Gasteiger charge is 2.27. The van der Waals surface area contributed by atoms with E-state index in [9.17, 15) is 0 Å². The SMILES string of the molecule is CSC1CCCC1NC(C)c1ccc(Cl)s1. The van der Waals surface area contributed by atoms with Crippen LogP contribution < -0.4 is 5.32 Å². The molecule has 3 unspecified atom stereocenters. The van der Waals surface area contributed by atoms with E-state index in [1.807, 2.05) is 17.8 Å². The molecule has 0 bridgehead atoms. The second-order valence-corrected chi connectivity index (χ2v) is 7.17. The smallest absolute Gasteiger partial charge is 0.0931 e. The van der Waals surface area contributed by atoms with Crippen LogP contribution in [0.1, 0.15) is 37.1 Å². The van der Waals surface area contributed by atoms with Gasteiger partial charge in [-0.3, -0.25) is 0 Å². The van der Waals surface area contributed by atoms with Gasteiger partial charge in [0, 0.05) is 22.2 Å². The third-order valence-electron chi connectivity index (χ3n) is 3.24. The van der Waals surface area contributed by atoms with Crippen LogP contribution in [0.15, 0.2) is 12.1 Å². The molecule has 1 nitrogen and oxygen atoms in total. The summed E-state index contributed by atoms with van der Waals surface area (Å²) in [5.74, 6) is 0. The van der Waals surface area contributed by atoms with Gasteiger partial charge >= 0.3 is 0 Å². The molecule has 1 aromatic heterocycles. The van der Waals surface area contributed by atoms with Crippen LogP contribution in [0, 0.1) is 0 Å². The molecule has 90 valence electrons. The molecule has 1 heterocycles. The van der Waals surface area contributed by atoms with Crippen molar-refractivity contribution in [3.05, 3.63) is 21.3 Å². The van der Waals surface area contributed by atoms with Crippen LogP contribution in [-0.4, -0.2) is 17.5 Å². The first-order chi connectivity index (χ1) is 7.70. The van der Waals surface area contributed by atoms with Gasteiger partial charge in [-0.05, 0) is 38.2 Å². The maximum atomic E-state index is 5.96. The Balaban J connectivity index is 1.94. The van der Waals surface area contributed by atoms with Crippen molar-refractivity contribution in [2.75, 3.05) is 6.26 Å². The second kappa shape index (κ2) is 5.76. The number of thioether (sulfide) groups is 1. The van der Waals surface area contributed by atoms with Gasteiger partial charge in [-0.15, -0.1) is 11.3 Å². The van der Waals surface area contributed by atoms with Gasteiger partial charge < -0.3 is 5.32 Å². The van der Waals surface area contributed by atoms with E-state index in [2.05, 4.69) is 24.6 Å². The summed E-state index contributed by atoms with van der Waals surface area (Å²) in [6, 6.07) is 5.22. The molecule has 0 radical (unpaired) electrons. The maximum absolute atomic E-state index is 5.96. The molecule has 2 rings (SSSR count). The van der Waals surface area contributed by atoms with Crippen molar-refractivity contribution >= 4 is 34.7 Å². The van der Waals surface area contributed by atoms with Crippen LogP contribution in [0.25, 0.3) is 0 Å². The van der Waals surface area contributed by atoms with E-state index in [1.54, 1.807) is 11.3 Å². The minimum atomic E-state index is 0.426. The monoisotopic (exact) mass is 275 g/mol. The fraction of sp³-hybridized carbons (Fsp3) is 0.667. The summed E-state index contributed by atoms with van der Waals surface area (Å²) in [5.41, 5.74) is 0.